The van der Waals surface area contributed by atoms with Crippen LogP contribution in [-0.4, -0.2) is 98.0 Å². The zero-order valence-corrected chi connectivity index (χ0v) is 19.2. The van der Waals surface area contributed by atoms with Crippen molar-refractivity contribution in [3.63, 3.8) is 0 Å². The molecular formula is C21H37N3O5S. The number of ether oxygens (including phenoxy) is 1. The zero-order valence-electron chi connectivity index (χ0n) is 18.4. The molecule has 1 unspecified atom stereocenters. The van der Waals surface area contributed by atoms with Gasteiger partial charge in [-0.05, 0) is 31.6 Å². The average Bonchev–Trinajstić information content (AvgIpc) is 3.25. The Bertz CT molecular complexity index is 705. The van der Waals surface area contributed by atoms with Crippen LogP contribution in [0.1, 0.15) is 52.4 Å². The maximum atomic E-state index is 13.3. The molecule has 0 bridgehead atoms. The lowest BCUT2D eigenvalue weighted by atomic mass is 10.1. The van der Waals surface area contributed by atoms with Gasteiger partial charge in [-0.1, -0.05) is 26.7 Å². The van der Waals surface area contributed by atoms with E-state index < -0.39 is 9.84 Å². The van der Waals surface area contributed by atoms with Crippen molar-refractivity contribution in [1.82, 2.24) is 14.7 Å². The molecule has 0 aromatic rings. The Kier molecular flexibility index (Phi) is 8.01. The van der Waals surface area contributed by atoms with Crippen LogP contribution >= 0.6 is 0 Å². The minimum atomic E-state index is -3.04. The van der Waals surface area contributed by atoms with E-state index in [1.807, 2.05) is 18.7 Å². The topological polar surface area (TPSA) is 87.2 Å². The molecule has 3 aliphatic rings. The summed E-state index contributed by atoms with van der Waals surface area (Å²) >= 11 is 0. The van der Waals surface area contributed by atoms with Gasteiger partial charge in [-0.2, -0.15) is 0 Å². The number of hydrogen-bond acceptors (Lipinski definition) is 6. The summed E-state index contributed by atoms with van der Waals surface area (Å²) in [5.74, 6) is 0.631. The van der Waals surface area contributed by atoms with Crippen LogP contribution in [0.3, 0.4) is 0 Å². The van der Waals surface area contributed by atoms with Crippen LogP contribution in [-0.2, 0) is 19.4 Å². The smallest absolute Gasteiger partial charge is 0.409 e. The van der Waals surface area contributed by atoms with Gasteiger partial charge in [0.25, 0.3) is 0 Å². The van der Waals surface area contributed by atoms with Crippen LogP contribution in [0.15, 0.2) is 0 Å². The van der Waals surface area contributed by atoms with Gasteiger partial charge >= 0.3 is 6.09 Å². The molecule has 1 saturated carbocycles. The van der Waals surface area contributed by atoms with E-state index in [4.69, 9.17) is 4.74 Å². The first-order chi connectivity index (χ1) is 14.2. The minimum absolute atomic E-state index is 0.0415. The maximum absolute atomic E-state index is 13.3. The van der Waals surface area contributed by atoms with E-state index in [0.29, 0.717) is 45.1 Å². The summed E-state index contributed by atoms with van der Waals surface area (Å²) in [6.07, 6.45) is 5.22. The SMILES string of the molecule is CC(C)COC(=O)N1CCCN(CC(=O)N(C2CCCC2)C2CCS(=O)(=O)C2)CC1. The van der Waals surface area contributed by atoms with Gasteiger partial charge in [0, 0.05) is 38.3 Å². The quantitative estimate of drug-likeness (QED) is 0.622. The zero-order chi connectivity index (χ0) is 21.7. The second kappa shape index (κ2) is 10.3. The fourth-order valence-electron chi connectivity index (χ4n) is 4.80. The lowest BCUT2D eigenvalue weighted by Crippen LogP contribution is -2.51. The normalized spacial score (nSPS) is 25.4. The molecule has 3 rings (SSSR count). The molecule has 8 nitrogen and oxygen atoms in total. The molecule has 2 amide bonds. The summed E-state index contributed by atoms with van der Waals surface area (Å²) in [6, 6.07) is -0.00891. The van der Waals surface area contributed by atoms with Crippen molar-refractivity contribution < 1.29 is 22.7 Å². The van der Waals surface area contributed by atoms with Gasteiger partial charge in [0.05, 0.1) is 24.7 Å². The first-order valence-electron chi connectivity index (χ1n) is 11.4. The minimum Gasteiger partial charge on any atom is -0.449 e. The lowest BCUT2D eigenvalue weighted by molar-refractivity contribution is -0.136. The van der Waals surface area contributed by atoms with Gasteiger partial charge in [0.1, 0.15) is 0 Å². The molecule has 9 heteroatoms. The molecule has 0 aromatic carbocycles. The highest BCUT2D eigenvalue weighted by Crippen LogP contribution is 2.29. The van der Waals surface area contributed by atoms with E-state index >= 15 is 0 Å². The molecule has 0 aromatic heterocycles. The molecule has 30 heavy (non-hydrogen) atoms. The van der Waals surface area contributed by atoms with Crippen molar-refractivity contribution in [2.45, 2.75) is 64.5 Å². The van der Waals surface area contributed by atoms with Gasteiger partial charge in [-0.15, -0.1) is 0 Å². The van der Waals surface area contributed by atoms with Gasteiger partial charge in [-0.3, -0.25) is 9.69 Å². The van der Waals surface area contributed by atoms with E-state index in [0.717, 1.165) is 38.6 Å². The van der Waals surface area contributed by atoms with Gasteiger partial charge < -0.3 is 14.5 Å². The van der Waals surface area contributed by atoms with Crippen LogP contribution in [0.2, 0.25) is 0 Å². The van der Waals surface area contributed by atoms with Crippen molar-refractivity contribution in [2.75, 3.05) is 50.8 Å². The Balaban J connectivity index is 1.57. The summed E-state index contributed by atoms with van der Waals surface area (Å²) in [5.41, 5.74) is 0. The number of amides is 2. The van der Waals surface area contributed by atoms with Crippen molar-refractivity contribution in [3.8, 4) is 0 Å². The lowest BCUT2D eigenvalue weighted by Gasteiger charge is -2.35. The number of sulfone groups is 1. The van der Waals surface area contributed by atoms with E-state index in [1.165, 1.54) is 0 Å². The molecule has 0 radical (unpaired) electrons. The van der Waals surface area contributed by atoms with Crippen LogP contribution in [0.5, 0.6) is 0 Å². The highest BCUT2D eigenvalue weighted by Gasteiger charge is 2.39. The summed E-state index contributed by atoms with van der Waals surface area (Å²) in [7, 11) is -3.04. The van der Waals surface area contributed by atoms with Crippen molar-refractivity contribution in [2.24, 2.45) is 5.92 Å². The molecule has 2 aliphatic heterocycles. The standard InChI is InChI=1S/C21H37N3O5S/c1-17(2)15-29-21(26)23-10-5-9-22(11-12-23)14-20(25)24(18-6-3-4-7-18)19-8-13-30(27,28)16-19/h17-19H,3-16H2,1-2H3. The number of carbonyl (C=O) groups is 2. The Morgan fingerprint density at radius 3 is 2.37 bits per heavy atom. The Labute approximate surface area is 180 Å². The van der Waals surface area contributed by atoms with E-state index in [-0.39, 0.29) is 35.6 Å². The number of hydrogen-bond donors (Lipinski definition) is 0. The molecular weight excluding hydrogens is 406 g/mol. The Hall–Kier alpha value is -1.35. The third-order valence-electron chi connectivity index (χ3n) is 6.35. The first kappa shape index (κ1) is 23.3. The van der Waals surface area contributed by atoms with Gasteiger partial charge in [-0.25, -0.2) is 13.2 Å². The summed E-state index contributed by atoms with van der Waals surface area (Å²) in [6.45, 7) is 7.29. The molecule has 0 spiro atoms. The predicted octanol–water partition coefficient (Wildman–Crippen LogP) is 1.75. The van der Waals surface area contributed by atoms with E-state index in [9.17, 15) is 18.0 Å². The average molecular weight is 444 g/mol. The van der Waals surface area contributed by atoms with Gasteiger partial charge in [0.15, 0.2) is 9.84 Å². The van der Waals surface area contributed by atoms with Crippen molar-refractivity contribution in [1.29, 1.82) is 0 Å². The number of nitrogens with zero attached hydrogens (tertiary/aromatic N) is 3. The second-order valence-corrected chi connectivity index (χ2v) is 11.6. The molecule has 3 fully saturated rings. The molecule has 2 saturated heterocycles. The molecule has 1 aliphatic carbocycles. The number of carbonyl (C=O) groups excluding carboxylic acids is 2. The van der Waals surface area contributed by atoms with Crippen molar-refractivity contribution in [3.05, 3.63) is 0 Å². The van der Waals surface area contributed by atoms with Crippen LogP contribution < -0.4 is 0 Å². The fraction of sp³-hybridized carbons (Fsp3) is 0.905. The highest BCUT2D eigenvalue weighted by atomic mass is 32.2. The third-order valence-corrected chi connectivity index (χ3v) is 8.10. The highest BCUT2D eigenvalue weighted by molar-refractivity contribution is 7.91. The third kappa shape index (κ3) is 6.33. The number of rotatable bonds is 6. The summed E-state index contributed by atoms with van der Waals surface area (Å²) in [4.78, 5) is 31.3. The van der Waals surface area contributed by atoms with Crippen molar-refractivity contribution >= 4 is 21.8 Å². The largest absolute Gasteiger partial charge is 0.449 e. The van der Waals surface area contributed by atoms with Crippen LogP contribution in [0.25, 0.3) is 0 Å². The molecule has 2 heterocycles. The van der Waals surface area contributed by atoms with Crippen LogP contribution in [0, 0.1) is 5.92 Å². The Morgan fingerprint density at radius 2 is 1.73 bits per heavy atom. The molecule has 0 N–H and O–H groups in total. The summed E-state index contributed by atoms with van der Waals surface area (Å²) < 4.78 is 29.4. The Morgan fingerprint density at radius 1 is 1.00 bits per heavy atom. The van der Waals surface area contributed by atoms with E-state index in [1.54, 1.807) is 4.90 Å². The molecule has 1 atom stereocenters. The second-order valence-electron chi connectivity index (χ2n) is 9.38. The summed E-state index contributed by atoms with van der Waals surface area (Å²) in [5, 5.41) is 0. The fourth-order valence-corrected chi connectivity index (χ4v) is 6.51. The first-order valence-corrected chi connectivity index (χ1v) is 13.2. The maximum Gasteiger partial charge on any atom is 0.409 e. The monoisotopic (exact) mass is 443 g/mol. The van der Waals surface area contributed by atoms with Gasteiger partial charge in [0.2, 0.25) is 5.91 Å². The molecule has 172 valence electrons. The predicted molar refractivity (Wildman–Crippen MR) is 115 cm³/mol. The van der Waals surface area contributed by atoms with Crippen LogP contribution in [0.4, 0.5) is 4.79 Å². The van der Waals surface area contributed by atoms with E-state index in [2.05, 4.69) is 4.90 Å².